The highest BCUT2D eigenvalue weighted by Gasteiger charge is 2.31. The van der Waals surface area contributed by atoms with Gasteiger partial charge in [0.25, 0.3) is 0 Å². The summed E-state index contributed by atoms with van der Waals surface area (Å²) in [5.74, 6) is 0. The Morgan fingerprint density at radius 3 is 3.13 bits per heavy atom. The highest BCUT2D eigenvalue weighted by atomic mass is 19.1. The summed E-state index contributed by atoms with van der Waals surface area (Å²) in [5.41, 5.74) is -0.346. The van der Waals surface area contributed by atoms with Crippen molar-refractivity contribution in [2.75, 3.05) is 13.1 Å². The van der Waals surface area contributed by atoms with Crippen molar-refractivity contribution in [3.05, 3.63) is 11.9 Å². The number of aromatic nitrogens is 3. The van der Waals surface area contributed by atoms with E-state index in [-0.39, 0.29) is 0 Å². The van der Waals surface area contributed by atoms with E-state index in [1.165, 1.54) is 0 Å². The van der Waals surface area contributed by atoms with Gasteiger partial charge >= 0.3 is 0 Å². The molecule has 2 heterocycles. The smallest absolute Gasteiger partial charge is 0.118 e. The van der Waals surface area contributed by atoms with Gasteiger partial charge in [-0.05, 0) is 32.4 Å². The van der Waals surface area contributed by atoms with Gasteiger partial charge in [-0.3, -0.25) is 4.68 Å². The Balaban J connectivity index is 2.02. The highest BCUT2D eigenvalue weighted by molar-refractivity contribution is 5.00. The Hall–Kier alpha value is -0.970. The van der Waals surface area contributed by atoms with E-state index in [1.807, 2.05) is 0 Å². The first-order chi connectivity index (χ1) is 7.18. The summed E-state index contributed by atoms with van der Waals surface area (Å²) < 4.78 is 16.0. The Kier molecular flexibility index (Phi) is 3.00. The summed E-state index contributed by atoms with van der Waals surface area (Å²) >= 11 is 0. The molecule has 1 atom stereocenters. The molecule has 0 aromatic carbocycles. The van der Waals surface area contributed by atoms with Gasteiger partial charge in [0.15, 0.2) is 0 Å². The van der Waals surface area contributed by atoms with Crippen LogP contribution in [0.1, 0.15) is 25.0 Å². The van der Waals surface area contributed by atoms with Crippen molar-refractivity contribution in [2.45, 2.75) is 31.4 Å². The second kappa shape index (κ2) is 4.26. The SMILES string of the molecule is Cn1cc(CC2(F)CCCNCC2)nn1. The van der Waals surface area contributed by atoms with Crippen molar-refractivity contribution in [1.29, 1.82) is 0 Å². The second-order valence-electron chi connectivity index (χ2n) is 4.31. The van der Waals surface area contributed by atoms with Gasteiger partial charge in [0, 0.05) is 19.7 Å². The predicted octanol–water partition coefficient (Wildman–Crippen LogP) is 0.839. The third-order valence-electron chi connectivity index (χ3n) is 2.88. The molecular weight excluding hydrogens is 195 g/mol. The Labute approximate surface area is 88.9 Å². The molecule has 0 amide bonds. The van der Waals surface area contributed by atoms with E-state index in [0.29, 0.717) is 19.3 Å². The zero-order valence-corrected chi connectivity index (χ0v) is 9.04. The Morgan fingerprint density at radius 2 is 2.40 bits per heavy atom. The summed E-state index contributed by atoms with van der Waals surface area (Å²) in [4.78, 5) is 0. The van der Waals surface area contributed by atoms with Crippen LogP contribution in [0.15, 0.2) is 6.20 Å². The van der Waals surface area contributed by atoms with E-state index in [9.17, 15) is 4.39 Å². The molecule has 0 radical (unpaired) electrons. The molecule has 2 rings (SSSR count). The van der Waals surface area contributed by atoms with Crippen molar-refractivity contribution in [3.8, 4) is 0 Å². The number of hydrogen-bond donors (Lipinski definition) is 1. The van der Waals surface area contributed by atoms with Gasteiger partial charge in [-0.1, -0.05) is 5.21 Å². The third-order valence-corrected chi connectivity index (χ3v) is 2.88. The molecule has 1 unspecified atom stereocenters. The lowest BCUT2D eigenvalue weighted by Crippen LogP contribution is -2.27. The minimum Gasteiger partial charge on any atom is -0.317 e. The maximum atomic E-state index is 14.4. The number of nitrogens with zero attached hydrogens (tertiary/aromatic N) is 3. The van der Waals surface area contributed by atoms with Crippen molar-refractivity contribution in [1.82, 2.24) is 20.3 Å². The van der Waals surface area contributed by atoms with Gasteiger partial charge in [-0.2, -0.15) is 0 Å². The van der Waals surface area contributed by atoms with Gasteiger partial charge < -0.3 is 5.32 Å². The maximum absolute atomic E-state index is 14.4. The number of halogens is 1. The molecule has 0 bridgehead atoms. The first kappa shape index (κ1) is 10.5. The lowest BCUT2D eigenvalue weighted by Gasteiger charge is -2.21. The average molecular weight is 212 g/mol. The molecule has 0 spiro atoms. The van der Waals surface area contributed by atoms with Gasteiger partial charge in [-0.25, -0.2) is 4.39 Å². The quantitative estimate of drug-likeness (QED) is 0.790. The first-order valence-corrected chi connectivity index (χ1v) is 5.43. The van der Waals surface area contributed by atoms with E-state index in [4.69, 9.17) is 0 Å². The van der Waals surface area contributed by atoms with Crippen LogP contribution in [0, 0.1) is 0 Å². The lowest BCUT2D eigenvalue weighted by atomic mass is 9.92. The van der Waals surface area contributed by atoms with Crippen LogP contribution in [0.25, 0.3) is 0 Å². The van der Waals surface area contributed by atoms with Crippen molar-refractivity contribution in [3.63, 3.8) is 0 Å². The standard InChI is InChI=1S/C10H17FN4/c1-15-8-9(13-14-15)7-10(11)3-2-5-12-6-4-10/h8,12H,2-7H2,1H3. The van der Waals surface area contributed by atoms with Gasteiger partial charge in [0.2, 0.25) is 0 Å². The van der Waals surface area contributed by atoms with Gasteiger partial charge in [0.05, 0.1) is 5.69 Å². The number of rotatable bonds is 2. The van der Waals surface area contributed by atoms with Crippen LogP contribution < -0.4 is 5.32 Å². The van der Waals surface area contributed by atoms with Crippen molar-refractivity contribution < 1.29 is 4.39 Å². The van der Waals surface area contributed by atoms with Crippen LogP contribution >= 0.6 is 0 Å². The van der Waals surface area contributed by atoms with E-state index in [2.05, 4.69) is 15.6 Å². The molecule has 15 heavy (non-hydrogen) atoms. The van der Waals surface area contributed by atoms with E-state index in [1.54, 1.807) is 17.9 Å². The molecular formula is C10H17FN4. The second-order valence-corrected chi connectivity index (χ2v) is 4.31. The Bertz CT molecular complexity index is 315. The summed E-state index contributed by atoms with van der Waals surface area (Å²) in [5, 5.41) is 11.0. The van der Waals surface area contributed by atoms with Crippen LogP contribution in [-0.4, -0.2) is 33.8 Å². The lowest BCUT2D eigenvalue weighted by molar-refractivity contribution is 0.143. The predicted molar refractivity (Wildman–Crippen MR) is 55.3 cm³/mol. The molecule has 1 saturated heterocycles. The normalized spacial score (nSPS) is 27.6. The fourth-order valence-electron chi connectivity index (χ4n) is 2.07. The molecule has 0 saturated carbocycles. The largest absolute Gasteiger partial charge is 0.317 e. The number of aryl methyl sites for hydroxylation is 1. The molecule has 84 valence electrons. The van der Waals surface area contributed by atoms with Gasteiger partial charge in [0.1, 0.15) is 5.67 Å². The third kappa shape index (κ3) is 2.75. The molecule has 1 aromatic heterocycles. The summed E-state index contributed by atoms with van der Waals surface area (Å²) in [6.07, 6.45) is 4.28. The van der Waals surface area contributed by atoms with Crippen molar-refractivity contribution >= 4 is 0 Å². The van der Waals surface area contributed by atoms with E-state index < -0.39 is 5.67 Å². The molecule has 1 fully saturated rings. The minimum atomic E-state index is -1.10. The molecule has 5 heteroatoms. The van der Waals surface area contributed by atoms with Crippen LogP contribution in [-0.2, 0) is 13.5 Å². The average Bonchev–Trinajstić information content (AvgIpc) is 2.46. The topological polar surface area (TPSA) is 42.7 Å². The first-order valence-electron chi connectivity index (χ1n) is 5.43. The van der Waals surface area contributed by atoms with Crippen LogP contribution in [0.2, 0.25) is 0 Å². The monoisotopic (exact) mass is 212 g/mol. The van der Waals surface area contributed by atoms with E-state index in [0.717, 1.165) is 25.2 Å². The van der Waals surface area contributed by atoms with Crippen LogP contribution in [0.5, 0.6) is 0 Å². The fourth-order valence-corrected chi connectivity index (χ4v) is 2.07. The number of nitrogens with one attached hydrogen (secondary N) is 1. The molecule has 1 aromatic rings. The number of alkyl halides is 1. The maximum Gasteiger partial charge on any atom is 0.118 e. The molecule has 1 aliphatic heterocycles. The zero-order chi connectivity index (χ0) is 10.7. The minimum absolute atomic E-state index is 0.391. The number of hydrogen-bond acceptors (Lipinski definition) is 3. The summed E-state index contributed by atoms with van der Waals surface area (Å²) in [6.45, 7) is 1.68. The summed E-state index contributed by atoms with van der Waals surface area (Å²) in [6, 6.07) is 0. The van der Waals surface area contributed by atoms with Crippen molar-refractivity contribution in [2.24, 2.45) is 7.05 Å². The molecule has 4 nitrogen and oxygen atoms in total. The molecule has 0 aliphatic carbocycles. The molecule has 1 N–H and O–H groups in total. The van der Waals surface area contributed by atoms with E-state index >= 15 is 0 Å². The highest BCUT2D eigenvalue weighted by Crippen LogP contribution is 2.27. The fraction of sp³-hybridized carbons (Fsp3) is 0.800. The summed E-state index contributed by atoms with van der Waals surface area (Å²) in [7, 11) is 1.80. The molecule has 1 aliphatic rings. The van der Waals surface area contributed by atoms with Crippen LogP contribution in [0.3, 0.4) is 0 Å². The Morgan fingerprint density at radius 1 is 1.53 bits per heavy atom. The zero-order valence-electron chi connectivity index (χ0n) is 9.04. The van der Waals surface area contributed by atoms with Crippen LogP contribution in [0.4, 0.5) is 4.39 Å². The van der Waals surface area contributed by atoms with Gasteiger partial charge in [-0.15, -0.1) is 5.10 Å².